The maximum atomic E-state index is 5.66. The molecule has 0 unspecified atom stereocenters. The summed E-state index contributed by atoms with van der Waals surface area (Å²) in [5.41, 5.74) is 0.323. The van der Waals surface area contributed by atoms with Crippen LogP contribution in [0.15, 0.2) is 0 Å². The predicted octanol–water partition coefficient (Wildman–Crippen LogP) is 1.65. The van der Waals surface area contributed by atoms with E-state index in [2.05, 4.69) is 25.7 Å². The minimum Gasteiger partial charge on any atom is -0.376 e. The van der Waals surface area contributed by atoms with Crippen molar-refractivity contribution in [1.82, 2.24) is 4.90 Å². The van der Waals surface area contributed by atoms with Crippen molar-refractivity contribution in [2.24, 2.45) is 0 Å². The highest BCUT2D eigenvalue weighted by molar-refractivity contribution is 4.92. The van der Waals surface area contributed by atoms with Gasteiger partial charge in [0.25, 0.3) is 0 Å². The Morgan fingerprint density at radius 1 is 1.33 bits per heavy atom. The zero-order valence-electron chi connectivity index (χ0n) is 8.34. The molecule has 2 fully saturated rings. The molecule has 2 aliphatic rings. The fourth-order valence-corrected chi connectivity index (χ4v) is 2.45. The molecule has 0 radical (unpaired) electrons. The molecule has 12 heavy (non-hydrogen) atoms. The van der Waals surface area contributed by atoms with E-state index >= 15 is 0 Å². The van der Waals surface area contributed by atoms with E-state index in [0.29, 0.717) is 17.7 Å². The molecule has 2 heterocycles. The standard InChI is InChI=1S/C10H19NO/c1-10(2,3)11-5-4-9-6-8(11)7-12-9/h8-9H,4-7H2,1-3H3/t8-,9+/m1/s1. The largest absolute Gasteiger partial charge is 0.376 e. The molecule has 2 rings (SSSR count). The molecule has 0 amide bonds. The van der Waals surface area contributed by atoms with E-state index < -0.39 is 0 Å². The summed E-state index contributed by atoms with van der Waals surface area (Å²) < 4.78 is 5.66. The van der Waals surface area contributed by atoms with Gasteiger partial charge in [-0.05, 0) is 33.6 Å². The molecule has 70 valence electrons. The van der Waals surface area contributed by atoms with E-state index in [-0.39, 0.29) is 0 Å². The molecule has 2 atom stereocenters. The Morgan fingerprint density at radius 3 is 2.75 bits per heavy atom. The highest BCUT2D eigenvalue weighted by Gasteiger charge is 2.39. The van der Waals surface area contributed by atoms with Gasteiger partial charge in [-0.1, -0.05) is 0 Å². The number of hydrogen-bond donors (Lipinski definition) is 0. The first-order chi connectivity index (χ1) is 5.57. The van der Waals surface area contributed by atoms with Crippen molar-refractivity contribution >= 4 is 0 Å². The highest BCUT2D eigenvalue weighted by atomic mass is 16.5. The summed E-state index contributed by atoms with van der Waals surface area (Å²) in [5, 5.41) is 0. The summed E-state index contributed by atoms with van der Waals surface area (Å²) in [6, 6.07) is 0.698. The molecule has 2 bridgehead atoms. The second-order valence-electron chi connectivity index (χ2n) is 5.00. The zero-order chi connectivity index (χ0) is 8.77. The first-order valence-electron chi connectivity index (χ1n) is 4.96. The monoisotopic (exact) mass is 169 g/mol. The number of fused-ring (bicyclic) bond motifs is 2. The number of piperidine rings is 1. The molecule has 0 N–H and O–H groups in total. The summed E-state index contributed by atoms with van der Waals surface area (Å²) in [4.78, 5) is 2.59. The Hall–Kier alpha value is -0.0800. The fraction of sp³-hybridized carbons (Fsp3) is 1.00. The molecule has 2 nitrogen and oxygen atoms in total. The van der Waals surface area contributed by atoms with E-state index in [1.165, 1.54) is 19.4 Å². The Bertz CT molecular complexity index is 173. The molecule has 0 aromatic rings. The lowest BCUT2D eigenvalue weighted by Gasteiger charge is -2.41. The van der Waals surface area contributed by atoms with E-state index in [9.17, 15) is 0 Å². The zero-order valence-corrected chi connectivity index (χ0v) is 8.34. The lowest BCUT2D eigenvalue weighted by molar-refractivity contribution is 0.0693. The van der Waals surface area contributed by atoms with Crippen LogP contribution in [0.2, 0.25) is 0 Å². The molecule has 2 heteroatoms. The van der Waals surface area contributed by atoms with Gasteiger partial charge >= 0.3 is 0 Å². The Morgan fingerprint density at radius 2 is 2.08 bits per heavy atom. The van der Waals surface area contributed by atoms with Crippen LogP contribution in [0.25, 0.3) is 0 Å². The van der Waals surface area contributed by atoms with Gasteiger partial charge in [-0.15, -0.1) is 0 Å². The number of hydrogen-bond acceptors (Lipinski definition) is 2. The first-order valence-corrected chi connectivity index (χ1v) is 4.96. The Balaban J connectivity index is 2.07. The maximum absolute atomic E-state index is 5.66. The van der Waals surface area contributed by atoms with E-state index in [1.54, 1.807) is 0 Å². The van der Waals surface area contributed by atoms with Crippen LogP contribution in [0.5, 0.6) is 0 Å². The van der Waals surface area contributed by atoms with Crippen LogP contribution in [0.3, 0.4) is 0 Å². The highest BCUT2D eigenvalue weighted by Crippen LogP contribution is 2.31. The summed E-state index contributed by atoms with van der Waals surface area (Å²) in [6.07, 6.45) is 3.07. The average molecular weight is 169 g/mol. The van der Waals surface area contributed by atoms with Crippen molar-refractivity contribution in [2.45, 2.75) is 51.3 Å². The number of nitrogens with zero attached hydrogens (tertiary/aromatic N) is 1. The molecular weight excluding hydrogens is 150 g/mol. The average Bonchev–Trinajstić information content (AvgIpc) is 2.30. The number of ether oxygens (including phenoxy) is 1. The SMILES string of the molecule is CC(C)(C)N1CC[C@H]2C[C@@H]1CO2. The van der Waals surface area contributed by atoms with Gasteiger partial charge in [-0.25, -0.2) is 0 Å². The molecule has 0 saturated carbocycles. The maximum Gasteiger partial charge on any atom is 0.0626 e. The van der Waals surface area contributed by atoms with Gasteiger partial charge in [0.15, 0.2) is 0 Å². The van der Waals surface area contributed by atoms with Gasteiger partial charge in [-0.3, -0.25) is 4.90 Å². The summed E-state index contributed by atoms with van der Waals surface area (Å²) in [5.74, 6) is 0. The van der Waals surface area contributed by atoms with Crippen LogP contribution in [0.1, 0.15) is 33.6 Å². The third kappa shape index (κ3) is 1.38. The molecular formula is C10H19NO. The second-order valence-corrected chi connectivity index (χ2v) is 5.00. The first kappa shape index (κ1) is 8.52. The van der Waals surface area contributed by atoms with E-state index in [4.69, 9.17) is 4.74 Å². The van der Waals surface area contributed by atoms with Crippen LogP contribution < -0.4 is 0 Å². The van der Waals surface area contributed by atoms with Crippen molar-refractivity contribution in [3.8, 4) is 0 Å². The van der Waals surface area contributed by atoms with Gasteiger partial charge in [0.2, 0.25) is 0 Å². The smallest absolute Gasteiger partial charge is 0.0626 e. The van der Waals surface area contributed by atoms with Crippen molar-refractivity contribution < 1.29 is 4.74 Å². The van der Waals surface area contributed by atoms with Crippen molar-refractivity contribution in [2.75, 3.05) is 13.2 Å². The van der Waals surface area contributed by atoms with Gasteiger partial charge in [0.1, 0.15) is 0 Å². The van der Waals surface area contributed by atoms with Crippen LogP contribution in [-0.2, 0) is 4.74 Å². The number of rotatable bonds is 0. The minimum atomic E-state index is 0.323. The third-order valence-electron chi connectivity index (χ3n) is 3.05. The Kier molecular flexibility index (Phi) is 1.92. The lowest BCUT2D eigenvalue weighted by Crippen LogP contribution is -2.51. The molecule has 2 aliphatic heterocycles. The van der Waals surface area contributed by atoms with Crippen LogP contribution >= 0.6 is 0 Å². The van der Waals surface area contributed by atoms with E-state index in [1.807, 2.05) is 0 Å². The van der Waals surface area contributed by atoms with Crippen molar-refractivity contribution in [1.29, 1.82) is 0 Å². The van der Waals surface area contributed by atoms with Crippen LogP contribution in [0.4, 0.5) is 0 Å². The molecule has 0 aromatic heterocycles. The molecule has 0 spiro atoms. The summed E-state index contributed by atoms with van der Waals surface area (Å²) in [6.45, 7) is 9.07. The Labute approximate surface area is 74.9 Å². The quantitative estimate of drug-likeness (QED) is 0.546. The van der Waals surface area contributed by atoms with E-state index in [0.717, 1.165) is 6.61 Å². The third-order valence-corrected chi connectivity index (χ3v) is 3.05. The number of likely N-dealkylation sites (tertiary alicyclic amines) is 1. The lowest BCUT2D eigenvalue weighted by atomic mass is 9.95. The summed E-state index contributed by atoms with van der Waals surface area (Å²) >= 11 is 0. The van der Waals surface area contributed by atoms with Crippen LogP contribution in [0, 0.1) is 0 Å². The van der Waals surface area contributed by atoms with Gasteiger partial charge in [-0.2, -0.15) is 0 Å². The minimum absolute atomic E-state index is 0.323. The van der Waals surface area contributed by atoms with Gasteiger partial charge in [0, 0.05) is 18.1 Å². The van der Waals surface area contributed by atoms with Gasteiger partial charge < -0.3 is 4.74 Å². The molecule has 0 aromatic carbocycles. The summed E-state index contributed by atoms with van der Waals surface area (Å²) in [7, 11) is 0. The van der Waals surface area contributed by atoms with Crippen LogP contribution in [-0.4, -0.2) is 35.7 Å². The second kappa shape index (κ2) is 2.71. The topological polar surface area (TPSA) is 12.5 Å². The normalized spacial score (nSPS) is 37.2. The fourth-order valence-electron chi connectivity index (χ4n) is 2.45. The predicted molar refractivity (Wildman–Crippen MR) is 49.2 cm³/mol. The van der Waals surface area contributed by atoms with Crippen molar-refractivity contribution in [3.63, 3.8) is 0 Å². The van der Waals surface area contributed by atoms with Gasteiger partial charge in [0.05, 0.1) is 12.7 Å². The molecule has 2 saturated heterocycles. The van der Waals surface area contributed by atoms with Crippen molar-refractivity contribution in [3.05, 3.63) is 0 Å². The molecule has 0 aliphatic carbocycles.